The molecule has 25 heavy (non-hydrogen) atoms. The molecule has 2 aromatic carbocycles. The summed E-state index contributed by atoms with van der Waals surface area (Å²) >= 11 is 0. The van der Waals surface area contributed by atoms with Crippen LogP contribution in [0.5, 0.6) is 0 Å². The van der Waals surface area contributed by atoms with Crippen LogP contribution in [0.25, 0.3) is 0 Å². The van der Waals surface area contributed by atoms with Crippen LogP contribution in [-0.2, 0) is 0 Å². The molecule has 1 fully saturated rings. The van der Waals surface area contributed by atoms with Crippen molar-refractivity contribution in [1.29, 1.82) is 0 Å². The van der Waals surface area contributed by atoms with Gasteiger partial charge in [0.15, 0.2) is 0 Å². The van der Waals surface area contributed by atoms with Gasteiger partial charge in [-0.2, -0.15) is 0 Å². The van der Waals surface area contributed by atoms with Crippen molar-refractivity contribution in [3.63, 3.8) is 0 Å². The van der Waals surface area contributed by atoms with E-state index >= 15 is 0 Å². The average molecular weight is 339 g/mol. The van der Waals surface area contributed by atoms with Crippen LogP contribution in [0.1, 0.15) is 33.6 Å². The van der Waals surface area contributed by atoms with Crippen LogP contribution >= 0.6 is 0 Å². The third-order valence-corrected chi connectivity index (χ3v) is 4.12. The zero-order chi connectivity index (χ0) is 17.8. The van der Waals surface area contributed by atoms with Gasteiger partial charge >= 0.3 is 0 Å². The van der Waals surface area contributed by atoms with E-state index in [2.05, 4.69) is 5.32 Å². The highest BCUT2D eigenvalue weighted by Gasteiger charge is 2.22. The normalized spacial score (nSPS) is 13.5. The minimum absolute atomic E-state index is 0.118. The van der Waals surface area contributed by atoms with Crippen LogP contribution in [0.15, 0.2) is 48.5 Å². The number of nitro benzene ring substituents is 1. The lowest BCUT2D eigenvalue weighted by Crippen LogP contribution is -2.28. The molecular weight excluding hydrogens is 322 g/mol. The number of non-ortho nitro benzene ring substituents is 1. The highest BCUT2D eigenvalue weighted by atomic mass is 16.6. The number of anilines is 1. The molecule has 0 aliphatic carbocycles. The van der Waals surface area contributed by atoms with Crippen LogP contribution in [-0.4, -0.2) is 34.7 Å². The highest BCUT2D eigenvalue weighted by Crippen LogP contribution is 2.21. The molecule has 0 unspecified atom stereocenters. The lowest BCUT2D eigenvalue weighted by Gasteiger charge is -2.18. The van der Waals surface area contributed by atoms with E-state index in [9.17, 15) is 19.7 Å². The fourth-order valence-electron chi connectivity index (χ4n) is 2.82. The summed E-state index contributed by atoms with van der Waals surface area (Å²) in [6.07, 6.45) is 1.96. The summed E-state index contributed by atoms with van der Waals surface area (Å²) in [5.41, 5.74) is 0.825. The maximum absolute atomic E-state index is 12.6. The molecule has 1 saturated heterocycles. The standard InChI is InChI=1S/C18H17N3O4/c22-17(13-6-5-7-14(12-13)21(24)25)19-16-9-2-1-8-15(16)18(23)20-10-3-4-11-20/h1-2,5-9,12H,3-4,10-11H2,(H,19,22). The number of nitrogens with zero attached hydrogens (tertiary/aromatic N) is 2. The smallest absolute Gasteiger partial charge is 0.270 e. The summed E-state index contributed by atoms with van der Waals surface area (Å²) in [5, 5.41) is 13.5. The minimum Gasteiger partial charge on any atom is -0.339 e. The Morgan fingerprint density at radius 2 is 1.76 bits per heavy atom. The summed E-state index contributed by atoms with van der Waals surface area (Å²) in [4.78, 5) is 37.1. The Labute approximate surface area is 144 Å². The molecule has 7 nitrogen and oxygen atoms in total. The molecule has 1 N–H and O–H groups in total. The van der Waals surface area contributed by atoms with Gasteiger partial charge in [0, 0.05) is 30.8 Å². The molecule has 2 aromatic rings. The van der Waals surface area contributed by atoms with Crippen molar-refractivity contribution in [2.45, 2.75) is 12.8 Å². The lowest BCUT2D eigenvalue weighted by atomic mass is 10.1. The fraction of sp³-hybridized carbons (Fsp3) is 0.222. The number of hydrogen-bond acceptors (Lipinski definition) is 4. The zero-order valence-corrected chi connectivity index (χ0v) is 13.5. The lowest BCUT2D eigenvalue weighted by molar-refractivity contribution is -0.384. The number of hydrogen-bond donors (Lipinski definition) is 1. The van der Waals surface area contributed by atoms with E-state index in [0.717, 1.165) is 12.8 Å². The van der Waals surface area contributed by atoms with Crippen molar-refractivity contribution < 1.29 is 14.5 Å². The predicted octanol–water partition coefficient (Wildman–Crippen LogP) is 3.08. The summed E-state index contributed by atoms with van der Waals surface area (Å²) in [6, 6.07) is 12.3. The molecule has 0 radical (unpaired) electrons. The number of nitro groups is 1. The van der Waals surface area contributed by atoms with E-state index in [4.69, 9.17) is 0 Å². The van der Waals surface area contributed by atoms with Crippen molar-refractivity contribution in [2.75, 3.05) is 18.4 Å². The van der Waals surface area contributed by atoms with Gasteiger partial charge in [-0.3, -0.25) is 19.7 Å². The second-order valence-corrected chi connectivity index (χ2v) is 5.81. The monoisotopic (exact) mass is 339 g/mol. The number of amides is 2. The first kappa shape index (κ1) is 16.6. The van der Waals surface area contributed by atoms with Crippen LogP contribution in [0.3, 0.4) is 0 Å². The maximum atomic E-state index is 12.6. The first-order chi connectivity index (χ1) is 12.1. The molecule has 2 amide bonds. The molecule has 1 aliphatic rings. The molecule has 7 heteroatoms. The van der Waals surface area contributed by atoms with E-state index in [-0.39, 0.29) is 17.2 Å². The summed E-state index contributed by atoms with van der Waals surface area (Å²) in [6.45, 7) is 1.43. The third kappa shape index (κ3) is 3.65. The minimum atomic E-state index is -0.554. The first-order valence-corrected chi connectivity index (χ1v) is 8.00. The maximum Gasteiger partial charge on any atom is 0.270 e. The number of carbonyl (C=O) groups is 2. The Balaban J connectivity index is 1.83. The molecule has 128 valence electrons. The Kier molecular flexibility index (Phi) is 4.74. The van der Waals surface area contributed by atoms with Crippen LogP contribution in [0, 0.1) is 10.1 Å². The quantitative estimate of drug-likeness (QED) is 0.684. The van der Waals surface area contributed by atoms with Gasteiger partial charge < -0.3 is 10.2 Å². The SMILES string of the molecule is O=C(Nc1ccccc1C(=O)N1CCCC1)c1cccc([N+](=O)[O-])c1. The largest absolute Gasteiger partial charge is 0.339 e. The van der Waals surface area contributed by atoms with E-state index in [1.165, 1.54) is 24.3 Å². The van der Waals surface area contributed by atoms with Crippen molar-refractivity contribution in [1.82, 2.24) is 4.90 Å². The Morgan fingerprint density at radius 3 is 2.48 bits per heavy atom. The van der Waals surface area contributed by atoms with E-state index in [1.54, 1.807) is 29.2 Å². The Bertz CT molecular complexity index is 829. The van der Waals surface area contributed by atoms with Gasteiger partial charge in [-0.25, -0.2) is 0 Å². The molecule has 0 spiro atoms. The van der Waals surface area contributed by atoms with Crippen molar-refractivity contribution in [3.05, 3.63) is 69.8 Å². The van der Waals surface area contributed by atoms with E-state index in [1.807, 2.05) is 0 Å². The number of carbonyl (C=O) groups excluding carboxylic acids is 2. The average Bonchev–Trinajstić information content (AvgIpc) is 3.16. The first-order valence-electron chi connectivity index (χ1n) is 8.00. The summed E-state index contributed by atoms with van der Waals surface area (Å²) in [7, 11) is 0. The fourth-order valence-corrected chi connectivity index (χ4v) is 2.82. The number of likely N-dealkylation sites (tertiary alicyclic amines) is 1. The van der Waals surface area contributed by atoms with Gasteiger partial charge in [0.05, 0.1) is 16.2 Å². The van der Waals surface area contributed by atoms with Crippen LogP contribution < -0.4 is 5.32 Å². The third-order valence-electron chi connectivity index (χ3n) is 4.12. The topological polar surface area (TPSA) is 92.6 Å². The predicted molar refractivity (Wildman–Crippen MR) is 92.6 cm³/mol. The molecular formula is C18H17N3O4. The van der Waals surface area contributed by atoms with Crippen LogP contribution in [0.2, 0.25) is 0 Å². The summed E-state index contributed by atoms with van der Waals surface area (Å²) in [5.74, 6) is -0.613. The van der Waals surface area contributed by atoms with Crippen molar-refractivity contribution in [3.8, 4) is 0 Å². The molecule has 0 saturated carbocycles. The zero-order valence-electron chi connectivity index (χ0n) is 13.5. The van der Waals surface area contributed by atoms with Gasteiger partial charge in [-0.15, -0.1) is 0 Å². The second kappa shape index (κ2) is 7.12. The highest BCUT2D eigenvalue weighted by molar-refractivity contribution is 6.09. The molecule has 1 heterocycles. The van der Waals surface area contributed by atoms with Crippen molar-refractivity contribution in [2.24, 2.45) is 0 Å². The molecule has 0 aromatic heterocycles. The molecule has 0 atom stereocenters. The number of benzene rings is 2. The van der Waals surface area contributed by atoms with Gasteiger partial charge in [-0.1, -0.05) is 18.2 Å². The van der Waals surface area contributed by atoms with Crippen LogP contribution in [0.4, 0.5) is 11.4 Å². The van der Waals surface area contributed by atoms with E-state index in [0.29, 0.717) is 24.3 Å². The van der Waals surface area contributed by atoms with Gasteiger partial charge in [0.1, 0.15) is 0 Å². The summed E-state index contributed by atoms with van der Waals surface area (Å²) < 4.78 is 0. The molecule has 3 rings (SSSR count). The molecule has 0 bridgehead atoms. The Morgan fingerprint density at radius 1 is 1.04 bits per heavy atom. The molecule has 1 aliphatic heterocycles. The number of rotatable bonds is 4. The second-order valence-electron chi connectivity index (χ2n) is 5.81. The number of para-hydroxylation sites is 1. The van der Waals surface area contributed by atoms with E-state index < -0.39 is 10.8 Å². The Hall–Kier alpha value is -3.22. The van der Waals surface area contributed by atoms with Gasteiger partial charge in [-0.05, 0) is 31.0 Å². The van der Waals surface area contributed by atoms with Gasteiger partial charge in [0.25, 0.3) is 17.5 Å². The van der Waals surface area contributed by atoms with Gasteiger partial charge in [0.2, 0.25) is 0 Å². The number of nitrogens with one attached hydrogen (secondary N) is 1. The van der Waals surface area contributed by atoms with Crippen molar-refractivity contribution >= 4 is 23.2 Å².